The Hall–Kier alpha value is -4.62. The van der Waals surface area contributed by atoms with Gasteiger partial charge in [0.15, 0.2) is 6.61 Å². The van der Waals surface area contributed by atoms with Crippen LogP contribution in [-0.2, 0) is 11.4 Å². The van der Waals surface area contributed by atoms with E-state index in [1.54, 1.807) is 23.5 Å². The van der Waals surface area contributed by atoms with Crippen LogP contribution >= 0.6 is 11.3 Å². The van der Waals surface area contributed by atoms with Crippen LogP contribution in [0.2, 0.25) is 0 Å². The van der Waals surface area contributed by atoms with Crippen molar-refractivity contribution in [2.45, 2.75) is 27.4 Å². The maximum Gasteiger partial charge on any atom is 0.341 e. The summed E-state index contributed by atoms with van der Waals surface area (Å²) >= 11 is 1.63. The molecular weight excluding hydrogens is 544 g/mol. The standard InChI is InChI=1S/C35H34N2O4S/c1-4-37(5-2)29-17-15-27(16-18-29)34-35(28-13-11-26(12-14-28)25-9-7-6-8-10-25)42-32(36-34)22-40-30-19-20-31(24(3)21-30)41-23-33(38)39/h6-21H,4-5,22-23H2,1-3H3,(H,38,39). The number of carboxylic acids is 1. The molecule has 0 fully saturated rings. The van der Waals surface area contributed by atoms with Gasteiger partial charge in [0.05, 0.1) is 10.6 Å². The van der Waals surface area contributed by atoms with Gasteiger partial charge in [-0.2, -0.15) is 0 Å². The van der Waals surface area contributed by atoms with Gasteiger partial charge in [-0.3, -0.25) is 0 Å². The summed E-state index contributed by atoms with van der Waals surface area (Å²) in [7, 11) is 0. The molecule has 5 aromatic rings. The largest absolute Gasteiger partial charge is 0.486 e. The maximum atomic E-state index is 10.8. The van der Waals surface area contributed by atoms with Crippen molar-refractivity contribution in [3.05, 3.63) is 108 Å². The van der Waals surface area contributed by atoms with E-state index in [1.807, 2.05) is 19.1 Å². The molecule has 0 aliphatic rings. The minimum absolute atomic E-state index is 0.312. The van der Waals surface area contributed by atoms with Gasteiger partial charge >= 0.3 is 5.97 Å². The van der Waals surface area contributed by atoms with Crippen LogP contribution in [0.15, 0.2) is 97.1 Å². The molecule has 0 spiro atoms. The van der Waals surface area contributed by atoms with Crippen molar-refractivity contribution in [1.29, 1.82) is 0 Å². The number of rotatable bonds is 12. The Bertz CT molecular complexity index is 1630. The summed E-state index contributed by atoms with van der Waals surface area (Å²) in [5, 5.41) is 9.75. The van der Waals surface area contributed by atoms with Crippen molar-refractivity contribution in [3.8, 4) is 44.3 Å². The number of hydrogen-bond acceptors (Lipinski definition) is 6. The Morgan fingerprint density at radius 1 is 0.810 bits per heavy atom. The summed E-state index contributed by atoms with van der Waals surface area (Å²) in [6.45, 7) is 8.04. The van der Waals surface area contributed by atoms with Gasteiger partial charge in [0.1, 0.15) is 23.1 Å². The summed E-state index contributed by atoms with van der Waals surface area (Å²) in [5.74, 6) is 0.183. The zero-order chi connectivity index (χ0) is 29.5. The van der Waals surface area contributed by atoms with Crippen LogP contribution in [0.25, 0.3) is 32.8 Å². The first-order valence-electron chi connectivity index (χ1n) is 14.0. The molecule has 42 heavy (non-hydrogen) atoms. The van der Waals surface area contributed by atoms with Crippen LogP contribution in [0.3, 0.4) is 0 Å². The predicted molar refractivity (Wildman–Crippen MR) is 171 cm³/mol. The third-order valence-corrected chi connectivity index (χ3v) is 8.13. The second-order valence-electron chi connectivity index (χ2n) is 9.85. The summed E-state index contributed by atoms with van der Waals surface area (Å²) in [4.78, 5) is 19.3. The van der Waals surface area contributed by atoms with Gasteiger partial charge in [-0.15, -0.1) is 11.3 Å². The Morgan fingerprint density at radius 3 is 2.10 bits per heavy atom. The molecule has 0 unspecified atom stereocenters. The van der Waals surface area contributed by atoms with E-state index in [-0.39, 0.29) is 6.61 Å². The third kappa shape index (κ3) is 6.81. The molecule has 214 valence electrons. The fraction of sp³-hybridized carbons (Fsp3) is 0.200. The number of ether oxygens (including phenoxy) is 2. The fourth-order valence-corrected chi connectivity index (χ4v) is 5.84. The molecule has 0 saturated carbocycles. The smallest absolute Gasteiger partial charge is 0.341 e. The molecule has 0 aliphatic carbocycles. The van der Waals surface area contributed by atoms with Crippen molar-refractivity contribution in [2.75, 3.05) is 24.6 Å². The first-order chi connectivity index (χ1) is 20.4. The first kappa shape index (κ1) is 28.9. The first-order valence-corrected chi connectivity index (χ1v) is 14.9. The lowest BCUT2D eigenvalue weighted by Gasteiger charge is -2.21. The topological polar surface area (TPSA) is 71.9 Å². The number of thiazole rings is 1. The molecular formula is C35H34N2O4S. The average Bonchev–Trinajstić information content (AvgIpc) is 3.45. The van der Waals surface area contributed by atoms with E-state index in [9.17, 15) is 4.79 Å². The Kier molecular flexibility index (Phi) is 9.19. The van der Waals surface area contributed by atoms with Gasteiger partial charge in [-0.25, -0.2) is 9.78 Å². The van der Waals surface area contributed by atoms with Crippen molar-refractivity contribution in [3.63, 3.8) is 0 Å². The highest BCUT2D eigenvalue weighted by Gasteiger charge is 2.17. The second kappa shape index (κ2) is 13.4. The number of benzene rings is 4. The monoisotopic (exact) mass is 578 g/mol. The van der Waals surface area contributed by atoms with Gasteiger partial charge in [-0.05, 0) is 73.4 Å². The molecule has 4 aromatic carbocycles. The Labute approximate surface area is 250 Å². The summed E-state index contributed by atoms with van der Waals surface area (Å²) in [5.41, 5.74) is 7.46. The summed E-state index contributed by atoms with van der Waals surface area (Å²) in [6, 6.07) is 33.0. The van der Waals surface area contributed by atoms with Crippen LogP contribution in [-0.4, -0.2) is 35.8 Å². The number of carbonyl (C=O) groups is 1. The number of hydrogen-bond donors (Lipinski definition) is 1. The van der Waals surface area contributed by atoms with E-state index in [4.69, 9.17) is 19.6 Å². The van der Waals surface area contributed by atoms with E-state index >= 15 is 0 Å². The van der Waals surface area contributed by atoms with Gasteiger partial charge in [0.2, 0.25) is 0 Å². The van der Waals surface area contributed by atoms with Crippen molar-refractivity contribution in [2.24, 2.45) is 0 Å². The number of nitrogens with zero attached hydrogens (tertiary/aromatic N) is 2. The van der Waals surface area contributed by atoms with Crippen molar-refractivity contribution in [1.82, 2.24) is 4.98 Å². The molecule has 5 rings (SSSR count). The van der Waals surface area contributed by atoms with Crippen LogP contribution in [0.1, 0.15) is 24.4 Å². The number of aliphatic carboxylic acids is 1. The maximum absolute atomic E-state index is 10.8. The lowest BCUT2D eigenvalue weighted by molar-refractivity contribution is -0.139. The molecule has 0 amide bonds. The molecule has 0 atom stereocenters. The van der Waals surface area contributed by atoms with Crippen molar-refractivity contribution < 1.29 is 19.4 Å². The van der Waals surface area contributed by atoms with Gasteiger partial charge in [-0.1, -0.05) is 66.7 Å². The van der Waals surface area contributed by atoms with Crippen LogP contribution in [0, 0.1) is 6.92 Å². The lowest BCUT2D eigenvalue weighted by atomic mass is 10.0. The van der Waals surface area contributed by atoms with E-state index in [2.05, 4.69) is 91.5 Å². The van der Waals surface area contributed by atoms with E-state index in [0.717, 1.165) is 45.4 Å². The molecule has 0 radical (unpaired) electrons. The van der Waals surface area contributed by atoms with E-state index < -0.39 is 5.97 Å². The average molecular weight is 579 g/mol. The molecule has 0 bridgehead atoms. The Morgan fingerprint density at radius 2 is 1.45 bits per heavy atom. The third-order valence-electron chi connectivity index (χ3n) is 7.05. The van der Waals surface area contributed by atoms with Gasteiger partial charge in [0, 0.05) is 24.3 Å². The summed E-state index contributed by atoms with van der Waals surface area (Å²) in [6.07, 6.45) is 0. The number of aromatic nitrogens is 1. The minimum Gasteiger partial charge on any atom is -0.486 e. The van der Waals surface area contributed by atoms with E-state index in [0.29, 0.717) is 18.1 Å². The van der Waals surface area contributed by atoms with Gasteiger partial charge in [0.25, 0.3) is 0 Å². The zero-order valence-electron chi connectivity index (χ0n) is 24.0. The Balaban J connectivity index is 1.42. The molecule has 1 aromatic heterocycles. The molecule has 7 heteroatoms. The number of aryl methyl sites for hydroxylation is 1. The molecule has 0 saturated heterocycles. The second-order valence-corrected chi connectivity index (χ2v) is 10.9. The highest BCUT2D eigenvalue weighted by Crippen LogP contribution is 2.39. The number of anilines is 1. The highest BCUT2D eigenvalue weighted by molar-refractivity contribution is 7.15. The van der Waals surface area contributed by atoms with Crippen LogP contribution < -0.4 is 14.4 Å². The zero-order valence-corrected chi connectivity index (χ0v) is 24.9. The summed E-state index contributed by atoms with van der Waals surface area (Å²) < 4.78 is 11.5. The van der Waals surface area contributed by atoms with E-state index in [1.165, 1.54) is 16.8 Å². The molecule has 1 heterocycles. The lowest BCUT2D eigenvalue weighted by Crippen LogP contribution is -2.21. The van der Waals surface area contributed by atoms with Crippen LogP contribution in [0.5, 0.6) is 11.5 Å². The molecule has 1 N–H and O–H groups in total. The van der Waals surface area contributed by atoms with Crippen LogP contribution in [0.4, 0.5) is 5.69 Å². The normalized spacial score (nSPS) is 10.8. The highest BCUT2D eigenvalue weighted by atomic mass is 32.1. The quantitative estimate of drug-likeness (QED) is 0.160. The fourth-order valence-electron chi connectivity index (χ4n) is 4.84. The molecule has 6 nitrogen and oxygen atoms in total. The SMILES string of the molecule is CCN(CC)c1ccc(-c2nc(COc3ccc(OCC(=O)O)c(C)c3)sc2-c2ccc(-c3ccccc3)cc2)cc1. The number of carboxylic acid groups (broad SMARTS) is 1. The van der Waals surface area contributed by atoms with Crippen molar-refractivity contribution >= 4 is 23.0 Å². The minimum atomic E-state index is -1.01. The molecule has 0 aliphatic heterocycles. The van der Waals surface area contributed by atoms with Gasteiger partial charge < -0.3 is 19.5 Å². The predicted octanol–water partition coefficient (Wildman–Crippen LogP) is 8.34.